The van der Waals surface area contributed by atoms with Gasteiger partial charge in [-0.3, -0.25) is 0 Å². The van der Waals surface area contributed by atoms with Crippen LogP contribution in [0.1, 0.15) is 12.8 Å². The van der Waals surface area contributed by atoms with Crippen LogP contribution in [0.25, 0.3) is 0 Å². The van der Waals surface area contributed by atoms with E-state index in [1.54, 1.807) is 0 Å². The second-order valence-corrected chi connectivity index (χ2v) is 8.74. The fourth-order valence-corrected chi connectivity index (χ4v) is 8.21. The molecule has 0 spiro atoms. The fraction of sp³-hybridized carbons (Fsp3) is 0.875. The fourth-order valence-electron chi connectivity index (χ4n) is 8.21. The van der Waals surface area contributed by atoms with Gasteiger partial charge in [-0.25, -0.2) is 0 Å². The summed E-state index contributed by atoms with van der Waals surface area (Å²) in [5.41, 5.74) is 23.6. The Morgan fingerprint density at radius 3 is 1.55 bits per heavy atom. The minimum absolute atomic E-state index is 0.382. The molecule has 6 rings (SSSR count). The Balaban J connectivity index is 1.43. The zero-order valence-corrected chi connectivity index (χ0v) is 11.7. The van der Waals surface area contributed by atoms with E-state index in [1.165, 1.54) is 12.8 Å². The lowest BCUT2D eigenvalue weighted by atomic mass is 9.39. The Labute approximate surface area is 119 Å². The van der Waals surface area contributed by atoms with Crippen LogP contribution in [0.2, 0.25) is 0 Å². The van der Waals surface area contributed by atoms with Crippen LogP contribution in [0, 0.1) is 59.2 Å². The van der Waals surface area contributed by atoms with Crippen LogP contribution in [0.4, 0.5) is 0 Å². The lowest BCUT2D eigenvalue weighted by Gasteiger charge is -2.70. The molecule has 0 radical (unpaired) electrons. The maximum absolute atomic E-state index is 6.33. The van der Waals surface area contributed by atoms with Gasteiger partial charge >= 0.3 is 0 Å². The summed E-state index contributed by atoms with van der Waals surface area (Å²) in [6.45, 7) is 0. The molecule has 108 valence electrons. The summed E-state index contributed by atoms with van der Waals surface area (Å²) in [5.74, 6) is 7.53. The molecule has 5 saturated carbocycles. The molecule has 0 aromatic rings. The van der Waals surface area contributed by atoms with Gasteiger partial charge in [0, 0.05) is 11.8 Å². The molecule has 0 amide bonds. The quantitative estimate of drug-likeness (QED) is 0.278. The summed E-state index contributed by atoms with van der Waals surface area (Å²) in [6.07, 6.45) is 7.68. The molecule has 8 N–H and O–H groups in total. The number of fused-ring (bicyclic) bond motifs is 15. The standard InChI is InChI=1S/C16H24N4/c17-15(18)13-7-4-8(14(13)16(15,19)20)12-10-6-2-1-5(3-6)9(10)11(7)12/h1-2,5-14H,3-4,17-20H2. The van der Waals surface area contributed by atoms with Crippen molar-refractivity contribution in [2.75, 3.05) is 0 Å². The Kier molecular flexibility index (Phi) is 1.55. The highest BCUT2D eigenvalue weighted by Crippen LogP contribution is 2.80. The van der Waals surface area contributed by atoms with Crippen LogP contribution in [0.5, 0.6) is 0 Å². The second-order valence-electron chi connectivity index (χ2n) is 8.74. The Morgan fingerprint density at radius 2 is 1.10 bits per heavy atom. The molecule has 4 nitrogen and oxygen atoms in total. The van der Waals surface area contributed by atoms with Crippen molar-refractivity contribution < 1.29 is 0 Å². The smallest absolute Gasteiger partial charge is 0.0994 e. The molecule has 4 heteroatoms. The van der Waals surface area contributed by atoms with Gasteiger partial charge in [-0.1, -0.05) is 12.2 Å². The van der Waals surface area contributed by atoms with Crippen molar-refractivity contribution in [3.63, 3.8) is 0 Å². The maximum Gasteiger partial charge on any atom is 0.0994 e. The van der Waals surface area contributed by atoms with Gasteiger partial charge < -0.3 is 22.9 Å². The molecular formula is C16H24N4. The monoisotopic (exact) mass is 272 g/mol. The van der Waals surface area contributed by atoms with E-state index in [4.69, 9.17) is 22.9 Å². The van der Waals surface area contributed by atoms with E-state index in [2.05, 4.69) is 12.2 Å². The van der Waals surface area contributed by atoms with Crippen molar-refractivity contribution in [3.05, 3.63) is 12.2 Å². The van der Waals surface area contributed by atoms with Crippen molar-refractivity contribution in [1.82, 2.24) is 0 Å². The topological polar surface area (TPSA) is 104 Å². The van der Waals surface area contributed by atoms with Gasteiger partial charge in [0.25, 0.3) is 0 Å². The lowest BCUT2D eigenvalue weighted by molar-refractivity contribution is -0.195. The molecule has 5 fully saturated rings. The van der Waals surface area contributed by atoms with Crippen molar-refractivity contribution in [2.24, 2.45) is 82.1 Å². The minimum Gasteiger partial charge on any atom is -0.311 e. The summed E-state index contributed by atoms with van der Waals surface area (Å²) in [7, 11) is 0. The highest BCUT2D eigenvalue weighted by atomic mass is 15.2. The summed E-state index contributed by atoms with van der Waals surface area (Å²) in [6, 6.07) is 0. The van der Waals surface area contributed by atoms with Crippen molar-refractivity contribution in [3.8, 4) is 0 Å². The van der Waals surface area contributed by atoms with Gasteiger partial charge in [0.05, 0.1) is 11.3 Å². The van der Waals surface area contributed by atoms with E-state index in [0.717, 1.165) is 35.5 Å². The van der Waals surface area contributed by atoms with Crippen LogP contribution in [-0.4, -0.2) is 11.3 Å². The lowest BCUT2D eigenvalue weighted by Crippen LogP contribution is -2.93. The number of rotatable bonds is 0. The maximum atomic E-state index is 6.33. The van der Waals surface area contributed by atoms with Gasteiger partial charge in [0.2, 0.25) is 0 Å². The molecule has 0 aromatic heterocycles. The van der Waals surface area contributed by atoms with E-state index < -0.39 is 11.3 Å². The molecule has 0 aromatic carbocycles. The normalized spacial score (nSPS) is 68.2. The third-order valence-corrected chi connectivity index (χ3v) is 8.61. The first-order valence-corrected chi connectivity index (χ1v) is 8.28. The first-order chi connectivity index (χ1) is 9.44. The van der Waals surface area contributed by atoms with E-state index >= 15 is 0 Å². The van der Waals surface area contributed by atoms with Crippen molar-refractivity contribution >= 4 is 0 Å². The van der Waals surface area contributed by atoms with E-state index in [-0.39, 0.29) is 0 Å². The Morgan fingerprint density at radius 1 is 0.650 bits per heavy atom. The zero-order chi connectivity index (χ0) is 13.6. The third-order valence-electron chi connectivity index (χ3n) is 8.61. The minimum atomic E-state index is -0.847. The predicted molar refractivity (Wildman–Crippen MR) is 75.5 cm³/mol. The average molecular weight is 272 g/mol. The van der Waals surface area contributed by atoms with Crippen LogP contribution < -0.4 is 22.9 Å². The van der Waals surface area contributed by atoms with Crippen LogP contribution >= 0.6 is 0 Å². The molecule has 10 unspecified atom stereocenters. The highest BCUT2D eigenvalue weighted by molar-refractivity contribution is 5.34. The van der Waals surface area contributed by atoms with Gasteiger partial charge in [-0.15, -0.1) is 0 Å². The summed E-state index contributed by atoms with van der Waals surface area (Å²) in [5, 5.41) is 0. The van der Waals surface area contributed by atoms with Crippen LogP contribution in [-0.2, 0) is 0 Å². The number of hydrogen-bond acceptors (Lipinski definition) is 4. The molecule has 0 heterocycles. The van der Waals surface area contributed by atoms with E-state index in [0.29, 0.717) is 23.7 Å². The highest BCUT2D eigenvalue weighted by Gasteiger charge is 2.82. The SMILES string of the molecule is NC1(N)C2C3CC(C4C5C6C=CC(C6)C5C34)C2C1(N)N. The molecule has 0 saturated heterocycles. The molecule has 20 heavy (non-hydrogen) atoms. The Hall–Kier alpha value is -0.420. The van der Waals surface area contributed by atoms with Gasteiger partial charge in [0.1, 0.15) is 0 Å². The van der Waals surface area contributed by atoms with Crippen LogP contribution in [0.15, 0.2) is 12.2 Å². The first kappa shape index (κ1) is 11.2. The van der Waals surface area contributed by atoms with Crippen molar-refractivity contribution in [2.45, 2.75) is 24.2 Å². The van der Waals surface area contributed by atoms with Gasteiger partial charge in [-0.2, -0.15) is 0 Å². The molecule has 10 atom stereocenters. The van der Waals surface area contributed by atoms with E-state index in [1.807, 2.05) is 0 Å². The molecule has 0 aliphatic heterocycles. The molecule has 6 aliphatic rings. The Bertz CT molecular complexity index is 507. The van der Waals surface area contributed by atoms with Crippen LogP contribution in [0.3, 0.4) is 0 Å². The molecular weight excluding hydrogens is 248 g/mol. The number of allylic oxidation sites excluding steroid dienone is 2. The number of hydrogen-bond donors (Lipinski definition) is 4. The largest absolute Gasteiger partial charge is 0.311 e. The summed E-state index contributed by atoms with van der Waals surface area (Å²) in [4.78, 5) is 0. The first-order valence-electron chi connectivity index (χ1n) is 8.28. The average Bonchev–Trinajstić information content (AvgIpc) is 3.04. The predicted octanol–water partition coefficient (Wildman–Crippen LogP) is -0.206. The van der Waals surface area contributed by atoms with Gasteiger partial charge in [0.15, 0.2) is 0 Å². The second kappa shape index (κ2) is 2.76. The third kappa shape index (κ3) is 0.803. The molecule has 4 bridgehead atoms. The molecule has 6 aliphatic carbocycles. The zero-order valence-electron chi connectivity index (χ0n) is 11.7. The number of nitrogens with two attached hydrogens (primary N) is 4. The van der Waals surface area contributed by atoms with E-state index in [9.17, 15) is 0 Å². The summed E-state index contributed by atoms with van der Waals surface area (Å²) < 4.78 is 0. The summed E-state index contributed by atoms with van der Waals surface area (Å²) >= 11 is 0. The van der Waals surface area contributed by atoms with Gasteiger partial charge in [-0.05, 0) is 60.2 Å². The van der Waals surface area contributed by atoms with Crippen molar-refractivity contribution in [1.29, 1.82) is 0 Å².